The van der Waals surface area contributed by atoms with Gasteiger partial charge in [0.05, 0.1) is 5.69 Å². The highest BCUT2D eigenvalue weighted by atomic mass is 127. The summed E-state index contributed by atoms with van der Waals surface area (Å²) in [6.45, 7) is 0. The van der Waals surface area contributed by atoms with Crippen molar-refractivity contribution >= 4 is 56.1 Å². The predicted molar refractivity (Wildman–Crippen MR) is 105 cm³/mol. The van der Waals surface area contributed by atoms with Crippen molar-refractivity contribution in [1.29, 1.82) is 0 Å². The molecule has 0 saturated carbocycles. The largest absolute Gasteiger partial charge is 0.769 e. The fourth-order valence-electron chi connectivity index (χ4n) is 2.11. The molecule has 25 heavy (non-hydrogen) atoms. The molecule has 3 aromatic rings. The Morgan fingerprint density at radius 1 is 1.12 bits per heavy atom. The van der Waals surface area contributed by atoms with E-state index in [1.807, 2.05) is 34.0 Å². The molecule has 3 N–H and O–H groups in total. The van der Waals surface area contributed by atoms with Crippen molar-refractivity contribution in [3.05, 3.63) is 61.8 Å². The van der Waals surface area contributed by atoms with Gasteiger partial charge in [-0.25, -0.2) is 4.98 Å². The molecule has 0 aliphatic rings. The Balaban J connectivity index is 1.83. The molecule has 0 radical (unpaired) electrons. The van der Waals surface area contributed by atoms with Crippen LogP contribution in [0.15, 0.2) is 47.8 Å². The highest BCUT2D eigenvalue weighted by molar-refractivity contribution is 14.1. The van der Waals surface area contributed by atoms with Gasteiger partial charge >= 0.3 is 0 Å². The average molecular weight is 470 g/mol. The van der Waals surface area contributed by atoms with Gasteiger partial charge < -0.3 is 21.0 Å². The molecular weight excluding hydrogens is 459 g/mol. The molecule has 0 fully saturated rings. The van der Waals surface area contributed by atoms with Crippen LogP contribution in [0.4, 0.5) is 22.2 Å². The predicted octanol–water partition coefficient (Wildman–Crippen LogP) is 4.55. The van der Waals surface area contributed by atoms with E-state index in [1.54, 1.807) is 24.3 Å². The van der Waals surface area contributed by atoms with Crippen molar-refractivity contribution in [2.45, 2.75) is 0 Å². The number of aromatic nitrogens is 1. The molecule has 3 rings (SSSR count). The van der Waals surface area contributed by atoms with E-state index in [0.717, 1.165) is 0 Å². The molecule has 8 nitrogen and oxygen atoms in total. The standard InChI is InChI=1S/C15H11IN4O4S/c16-12-5-4-9(6-14(12)20(23)24)13-8-25-15(18-13)17-10-2-1-3-11(7-10)19(21)22/h1-8,23-24H,(H,17,18)/q-2. The Morgan fingerprint density at radius 2 is 1.92 bits per heavy atom. The van der Waals surface area contributed by atoms with Crippen LogP contribution in [0.1, 0.15) is 0 Å². The van der Waals surface area contributed by atoms with Crippen LogP contribution in [0.5, 0.6) is 0 Å². The Labute approximate surface area is 160 Å². The first-order valence-electron chi connectivity index (χ1n) is 6.89. The molecule has 0 spiro atoms. The maximum atomic E-state index is 10.8. The maximum absolute atomic E-state index is 10.8. The second kappa shape index (κ2) is 7.51. The van der Waals surface area contributed by atoms with Crippen LogP contribution in [0, 0.1) is 14.0 Å². The molecule has 0 amide bonds. The topological polar surface area (TPSA) is 118 Å². The van der Waals surface area contributed by atoms with Crippen molar-refractivity contribution in [3.8, 4) is 11.3 Å². The van der Waals surface area contributed by atoms with Crippen LogP contribution in [0.25, 0.3) is 11.3 Å². The van der Waals surface area contributed by atoms with Gasteiger partial charge in [0, 0.05) is 25.9 Å². The average Bonchev–Trinajstić information content (AvgIpc) is 3.03. The molecule has 0 aliphatic carbocycles. The fraction of sp³-hybridized carbons (Fsp3) is 0. The smallest absolute Gasteiger partial charge is 0.187 e. The number of rotatable bonds is 5. The zero-order chi connectivity index (χ0) is 18.0. The molecule has 0 saturated heterocycles. The van der Waals surface area contributed by atoms with E-state index in [1.165, 1.54) is 23.5 Å². The SMILES string of the molecule is [O-]N([O-])c1cccc(Nc2nc(-c3ccc(I)c(N(O)O)c3)cs2)c1. The van der Waals surface area contributed by atoms with E-state index in [4.69, 9.17) is 0 Å². The normalized spacial score (nSPS) is 10.6. The maximum Gasteiger partial charge on any atom is 0.187 e. The summed E-state index contributed by atoms with van der Waals surface area (Å²) < 4.78 is 0.677. The first-order valence-corrected chi connectivity index (χ1v) is 8.84. The van der Waals surface area contributed by atoms with Gasteiger partial charge in [-0.15, -0.1) is 16.6 Å². The first kappa shape index (κ1) is 17.8. The summed E-state index contributed by atoms with van der Waals surface area (Å²) in [7, 11) is 0. The number of hydrogen-bond acceptors (Lipinski definition) is 9. The van der Waals surface area contributed by atoms with Crippen LogP contribution in [-0.4, -0.2) is 15.4 Å². The monoisotopic (exact) mass is 470 g/mol. The molecule has 0 aliphatic heterocycles. The van der Waals surface area contributed by atoms with Crippen LogP contribution in [0.3, 0.4) is 0 Å². The number of anilines is 4. The van der Waals surface area contributed by atoms with E-state index in [-0.39, 0.29) is 16.6 Å². The quantitative estimate of drug-likeness (QED) is 0.368. The van der Waals surface area contributed by atoms with E-state index in [2.05, 4.69) is 10.3 Å². The summed E-state index contributed by atoms with van der Waals surface area (Å²) >= 11 is 3.33. The van der Waals surface area contributed by atoms with Crippen molar-refractivity contribution in [3.63, 3.8) is 0 Å². The zero-order valence-electron chi connectivity index (χ0n) is 12.5. The van der Waals surface area contributed by atoms with E-state index < -0.39 is 5.23 Å². The molecule has 1 heterocycles. The lowest BCUT2D eigenvalue weighted by Gasteiger charge is -2.37. The Kier molecular flexibility index (Phi) is 5.36. The lowest BCUT2D eigenvalue weighted by atomic mass is 10.1. The molecule has 0 atom stereocenters. The molecule has 130 valence electrons. The lowest BCUT2D eigenvalue weighted by molar-refractivity contribution is 0.0287. The van der Waals surface area contributed by atoms with Crippen molar-refractivity contribution < 1.29 is 10.4 Å². The van der Waals surface area contributed by atoms with Gasteiger partial charge in [0.15, 0.2) is 5.13 Å². The third kappa shape index (κ3) is 4.18. The van der Waals surface area contributed by atoms with Gasteiger partial charge in [-0.1, -0.05) is 12.1 Å². The third-order valence-corrected chi connectivity index (χ3v) is 4.94. The summed E-state index contributed by atoms with van der Waals surface area (Å²) in [4.78, 5) is 4.43. The van der Waals surface area contributed by atoms with Crippen molar-refractivity contribution in [1.82, 2.24) is 4.98 Å². The fourth-order valence-corrected chi connectivity index (χ4v) is 3.40. The summed E-state index contributed by atoms with van der Waals surface area (Å²) in [6.07, 6.45) is 0. The molecule has 2 aromatic carbocycles. The highest BCUT2D eigenvalue weighted by Crippen LogP contribution is 2.31. The molecule has 1 aromatic heterocycles. The molecular formula is C15H11IN4O4S-2. The minimum Gasteiger partial charge on any atom is -0.769 e. The minimum atomic E-state index is -0.457. The third-order valence-electron chi connectivity index (χ3n) is 3.27. The summed E-state index contributed by atoms with van der Waals surface area (Å²) in [5, 5.41) is 45.2. The number of nitrogens with one attached hydrogen (secondary N) is 1. The number of hydrogen-bond donors (Lipinski definition) is 3. The van der Waals surface area contributed by atoms with Crippen LogP contribution in [0.2, 0.25) is 0 Å². The first-order chi connectivity index (χ1) is 11.9. The van der Waals surface area contributed by atoms with Gasteiger partial charge in [0.1, 0.15) is 5.69 Å². The van der Waals surface area contributed by atoms with E-state index >= 15 is 0 Å². The molecule has 0 bridgehead atoms. The van der Waals surface area contributed by atoms with Crippen molar-refractivity contribution in [2.75, 3.05) is 15.8 Å². The summed E-state index contributed by atoms with van der Waals surface area (Å²) in [5.41, 5.74) is 2.17. The number of nitrogens with zero attached hydrogens (tertiary/aromatic N) is 3. The zero-order valence-corrected chi connectivity index (χ0v) is 15.4. The van der Waals surface area contributed by atoms with Crippen LogP contribution >= 0.6 is 33.9 Å². The van der Waals surface area contributed by atoms with Gasteiger partial charge in [0.25, 0.3) is 0 Å². The van der Waals surface area contributed by atoms with Crippen LogP contribution in [-0.2, 0) is 0 Å². The summed E-state index contributed by atoms with van der Waals surface area (Å²) in [5.74, 6) is 0. The second-order valence-corrected chi connectivity index (χ2v) is 6.95. The van der Waals surface area contributed by atoms with Crippen molar-refractivity contribution in [2.24, 2.45) is 0 Å². The summed E-state index contributed by atoms with van der Waals surface area (Å²) in [6, 6.07) is 11.3. The van der Waals surface area contributed by atoms with Gasteiger partial charge in [-0.2, -0.15) is 0 Å². The Bertz CT molecular complexity index is 887. The molecule has 10 heteroatoms. The van der Waals surface area contributed by atoms with E-state index in [0.29, 0.717) is 25.6 Å². The van der Waals surface area contributed by atoms with Crippen LogP contribution < -0.4 is 15.8 Å². The van der Waals surface area contributed by atoms with E-state index in [9.17, 15) is 20.8 Å². The minimum absolute atomic E-state index is 0.00459. The van der Waals surface area contributed by atoms with Gasteiger partial charge in [-0.3, -0.25) is 10.4 Å². The Hall–Kier alpha value is -1.96. The second-order valence-electron chi connectivity index (χ2n) is 4.93. The lowest BCUT2D eigenvalue weighted by Crippen LogP contribution is -2.12. The number of benzene rings is 2. The number of thiazole rings is 1. The van der Waals surface area contributed by atoms with Gasteiger partial charge in [0.2, 0.25) is 0 Å². The molecule has 0 unspecified atom stereocenters. The highest BCUT2D eigenvalue weighted by Gasteiger charge is 2.10. The number of halogens is 1. The van der Waals surface area contributed by atoms with Gasteiger partial charge in [-0.05, 0) is 52.9 Å². The Morgan fingerprint density at radius 3 is 2.64 bits per heavy atom.